The smallest absolute Gasteiger partial charge is 0.226 e. The first-order valence-electron chi connectivity index (χ1n) is 9.53. The molecule has 0 aliphatic carbocycles. The highest BCUT2D eigenvalue weighted by Gasteiger charge is 2.43. The highest BCUT2D eigenvalue weighted by atomic mass is 35.5. The van der Waals surface area contributed by atoms with E-state index >= 15 is 0 Å². The fourth-order valence-electron chi connectivity index (χ4n) is 3.79. The maximum absolute atomic E-state index is 10.4. The Morgan fingerprint density at radius 3 is 2.56 bits per heavy atom. The number of rotatable bonds is 5. The number of morpholine rings is 1. The molecule has 0 bridgehead atoms. The van der Waals surface area contributed by atoms with Gasteiger partial charge in [0.2, 0.25) is 5.28 Å². The van der Waals surface area contributed by atoms with Gasteiger partial charge >= 0.3 is 0 Å². The van der Waals surface area contributed by atoms with Gasteiger partial charge in [0.05, 0.1) is 18.8 Å². The Morgan fingerprint density at radius 1 is 1.19 bits per heavy atom. The molecule has 27 heavy (non-hydrogen) atoms. The standard InChI is InChI=1S/C18H27ClN6O2/c1-12(2)18(26)10-24(11-18)5-4-13-20-14-15(23(13)3)21-17(19)22-16(14)25-6-8-27-9-7-25/h12,26H,4-11H2,1-3H3. The number of β-amino-alcohol motifs (C(OH)–C–C–N with tert-alkyl or cyclic N) is 1. The van der Waals surface area contributed by atoms with E-state index in [1.54, 1.807) is 0 Å². The van der Waals surface area contributed by atoms with Gasteiger partial charge in [-0.2, -0.15) is 9.97 Å². The third-order valence-electron chi connectivity index (χ3n) is 5.80. The summed E-state index contributed by atoms with van der Waals surface area (Å²) in [6, 6.07) is 0. The quantitative estimate of drug-likeness (QED) is 0.760. The maximum Gasteiger partial charge on any atom is 0.226 e. The molecule has 4 heterocycles. The van der Waals surface area contributed by atoms with Crippen LogP contribution < -0.4 is 4.90 Å². The topological polar surface area (TPSA) is 79.5 Å². The number of ether oxygens (including phenoxy) is 1. The molecule has 0 spiro atoms. The van der Waals surface area contributed by atoms with Gasteiger partial charge in [0.25, 0.3) is 0 Å². The van der Waals surface area contributed by atoms with Crippen molar-refractivity contribution < 1.29 is 9.84 Å². The molecule has 2 aromatic heterocycles. The number of hydrogen-bond donors (Lipinski definition) is 1. The lowest BCUT2D eigenvalue weighted by atomic mass is 9.83. The van der Waals surface area contributed by atoms with Crippen LogP contribution in [0.4, 0.5) is 5.82 Å². The van der Waals surface area contributed by atoms with Gasteiger partial charge in [-0.1, -0.05) is 13.8 Å². The normalized spacial score (nSPS) is 20.4. The molecule has 2 fully saturated rings. The van der Waals surface area contributed by atoms with E-state index < -0.39 is 5.60 Å². The van der Waals surface area contributed by atoms with Crippen LogP contribution in [0.25, 0.3) is 11.2 Å². The van der Waals surface area contributed by atoms with Crippen LogP contribution in [-0.2, 0) is 18.2 Å². The summed E-state index contributed by atoms with van der Waals surface area (Å²) in [4.78, 5) is 18.1. The lowest BCUT2D eigenvalue weighted by Crippen LogP contribution is -2.64. The summed E-state index contributed by atoms with van der Waals surface area (Å²) in [7, 11) is 1.97. The molecule has 0 atom stereocenters. The van der Waals surface area contributed by atoms with Crippen molar-refractivity contribution in [1.82, 2.24) is 24.4 Å². The van der Waals surface area contributed by atoms with E-state index in [9.17, 15) is 5.11 Å². The van der Waals surface area contributed by atoms with Crippen LogP contribution in [0.2, 0.25) is 5.28 Å². The SMILES string of the molecule is CC(C)C1(O)CN(CCc2nc3c(N4CCOCC4)nc(Cl)nc3n2C)C1. The van der Waals surface area contributed by atoms with Gasteiger partial charge in [0, 0.05) is 46.2 Å². The number of anilines is 1. The van der Waals surface area contributed by atoms with Crippen molar-refractivity contribution in [1.29, 1.82) is 0 Å². The van der Waals surface area contributed by atoms with Crippen molar-refractivity contribution in [2.24, 2.45) is 13.0 Å². The summed E-state index contributed by atoms with van der Waals surface area (Å²) in [5.74, 6) is 2.02. The second kappa shape index (κ2) is 7.16. The lowest BCUT2D eigenvalue weighted by molar-refractivity contribution is -0.126. The van der Waals surface area contributed by atoms with Gasteiger partial charge in [0.1, 0.15) is 5.82 Å². The molecular formula is C18H27ClN6O2. The third-order valence-corrected chi connectivity index (χ3v) is 5.97. The summed E-state index contributed by atoms with van der Waals surface area (Å²) in [5, 5.41) is 10.7. The van der Waals surface area contributed by atoms with Gasteiger partial charge in [0.15, 0.2) is 17.0 Å². The van der Waals surface area contributed by atoms with E-state index in [1.165, 1.54) is 0 Å². The summed E-state index contributed by atoms with van der Waals surface area (Å²) in [6.45, 7) is 9.34. The molecule has 1 N–H and O–H groups in total. The molecule has 0 unspecified atom stereocenters. The molecule has 8 nitrogen and oxygen atoms in total. The molecule has 2 aliphatic heterocycles. The van der Waals surface area contributed by atoms with Crippen molar-refractivity contribution in [2.45, 2.75) is 25.9 Å². The molecule has 2 aliphatic rings. The number of aryl methyl sites for hydroxylation is 1. The zero-order valence-electron chi connectivity index (χ0n) is 16.2. The molecular weight excluding hydrogens is 368 g/mol. The summed E-state index contributed by atoms with van der Waals surface area (Å²) in [5.41, 5.74) is 1.00. The van der Waals surface area contributed by atoms with Crippen LogP contribution in [0, 0.1) is 5.92 Å². The molecule has 2 aromatic rings. The first kappa shape index (κ1) is 18.9. The molecule has 148 valence electrons. The first-order chi connectivity index (χ1) is 12.9. The molecule has 0 radical (unpaired) electrons. The van der Waals surface area contributed by atoms with E-state index in [-0.39, 0.29) is 11.2 Å². The highest BCUT2D eigenvalue weighted by molar-refractivity contribution is 6.28. The summed E-state index contributed by atoms with van der Waals surface area (Å²) in [6.07, 6.45) is 0.793. The second-order valence-electron chi connectivity index (χ2n) is 7.89. The summed E-state index contributed by atoms with van der Waals surface area (Å²) >= 11 is 6.19. The molecule has 0 aromatic carbocycles. The average Bonchev–Trinajstić information content (AvgIpc) is 2.94. The minimum Gasteiger partial charge on any atom is -0.387 e. The number of aromatic nitrogens is 4. The molecule has 9 heteroatoms. The Morgan fingerprint density at radius 2 is 1.89 bits per heavy atom. The Labute approximate surface area is 164 Å². The van der Waals surface area contributed by atoms with Gasteiger partial charge in [-0.3, -0.25) is 4.90 Å². The minimum absolute atomic E-state index is 0.239. The highest BCUT2D eigenvalue weighted by Crippen LogP contribution is 2.29. The van der Waals surface area contributed by atoms with Crippen LogP contribution >= 0.6 is 11.6 Å². The predicted octanol–water partition coefficient (Wildman–Crippen LogP) is 1.10. The van der Waals surface area contributed by atoms with Crippen molar-refractivity contribution in [2.75, 3.05) is 50.8 Å². The van der Waals surface area contributed by atoms with Gasteiger partial charge < -0.3 is 19.3 Å². The molecule has 0 saturated carbocycles. The molecule has 0 amide bonds. The van der Waals surface area contributed by atoms with E-state index in [4.69, 9.17) is 21.3 Å². The molecule has 4 rings (SSSR count). The molecule has 2 saturated heterocycles. The number of likely N-dealkylation sites (tertiary alicyclic amines) is 1. The minimum atomic E-state index is -0.547. The zero-order chi connectivity index (χ0) is 19.2. The number of halogens is 1. The zero-order valence-corrected chi connectivity index (χ0v) is 16.9. The predicted molar refractivity (Wildman–Crippen MR) is 104 cm³/mol. The number of fused-ring (bicyclic) bond motifs is 1. The van der Waals surface area contributed by atoms with E-state index in [2.05, 4.69) is 33.6 Å². The average molecular weight is 395 g/mol. The number of imidazole rings is 1. The summed E-state index contributed by atoms with van der Waals surface area (Å²) < 4.78 is 7.44. The van der Waals surface area contributed by atoms with Crippen molar-refractivity contribution in [3.63, 3.8) is 0 Å². The number of nitrogens with zero attached hydrogens (tertiary/aromatic N) is 6. The van der Waals surface area contributed by atoms with Gasteiger partial charge in [-0.15, -0.1) is 0 Å². The largest absolute Gasteiger partial charge is 0.387 e. The van der Waals surface area contributed by atoms with Crippen LogP contribution in [-0.4, -0.2) is 81.1 Å². The van der Waals surface area contributed by atoms with E-state index in [0.717, 1.165) is 62.0 Å². The van der Waals surface area contributed by atoms with E-state index in [0.29, 0.717) is 13.2 Å². The van der Waals surface area contributed by atoms with Crippen molar-refractivity contribution in [3.8, 4) is 0 Å². The Bertz CT molecular complexity index is 827. The third kappa shape index (κ3) is 3.51. The Kier molecular flexibility index (Phi) is 5.00. The van der Waals surface area contributed by atoms with Crippen molar-refractivity contribution >= 4 is 28.6 Å². The lowest BCUT2D eigenvalue weighted by Gasteiger charge is -2.49. The first-order valence-corrected chi connectivity index (χ1v) is 9.91. The van der Waals surface area contributed by atoms with Crippen LogP contribution in [0.3, 0.4) is 0 Å². The second-order valence-corrected chi connectivity index (χ2v) is 8.23. The van der Waals surface area contributed by atoms with Gasteiger partial charge in [-0.25, -0.2) is 4.98 Å². The van der Waals surface area contributed by atoms with Crippen molar-refractivity contribution in [3.05, 3.63) is 11.1 Å². The maximum atomic E-state index is 10.4. The number of hydrogen-bond acceptors (Lipinski definition) is 7. The Balaban J connectivity index is 1.53. The fraction of sp³-hybridized carbons (Fsp3) is 0.722. The van der Waals surface area contributed by atoms with E-state index in [1.807, 2.05) is 11.6 Å². The fourth-order valence-corrected chi connectivity index (χ4v) is 3.95. The van der Waals surface area contributed by atoms with Crippen LogP contribution in [0.1, 0.15) is 19.7 Å². The Hall–Kier alpha value is -1.48. The number of aliphatic hydroxyl groups is 1. The monoisotopic (exact) mass is 394 g/mol. The van der Waals surface area contributed by atoms with Crippen LogP contribution in [0.15, 0.2) is 0 Å². The van der Waals surface area contributed by atoms with Gasteiger partial charge in [-0.05, 0) is 17.5 Å². The van der Waals surface area contributed by atoms with Crippen LogP contribution in [0.5, 0.6) is 0 Å².